The van der Waals surface area contributed by atoms with Gasteiger partial charge in [0.15, 0.2) is 0 Å². The second kappa shape index (κ2) is 29.2. The second-order valence-electron chi connectivity index (χ2n) is 10.5. The molecule has 1 amide bonds. The molecule has 0 aliphatic carbocycles. The van der Waals surface area contributed by atoms with Crippen LogP contribution in [0.1, 0.15) is 149 Å². The number of allylic oxidation sites excluding steroid dienone is 5. The monoisotopic (exact) mass is 519 g/mol. The third kappa shape index (κ3) is 26.0. The fourth-order valence-corrected chi connectivity index (χ4v) is 4.38. The molecule has 0 saturated carbocycles. The Morgan fingerprint density at radius 1 is 0.649 bits per heavy atom. The van der Waals surface area contributed by atoms with Gasteiger partial charge in [0.2, 0.25) is 5.91 Å². The number of unbranched alkanes of at least 4 members (excludes halogenated alkanes) is 16. The maximum Gasteiger partial charge on any atom is 0.220 e. The van der Waals surface area contributed by atoms with Gasteiger partial charge in [0.1, 0.15) is 0 Å². The van der Waals surface area contributed by atoms with E-state index < -0.39 is 12.1 Å². The smallest absolute Gasteiger partial charge is 0.220 e. The first kappa shape index (κ1) is 35.6. The molecule has 0 aromatic rings. The van der Waals surface area contributed by atoms with Gasteiger partial charge in [-0.05, 0) is 51.4 Å². The normalized spacial score (nSPS) is 13.7. The first-order valence-electron chi connectivity index (χ1n) is 15.7. The van der Waals surface area contributed by atoms with Crippen molar-refractivity contribution in [3.63, 3.8) is 0 Å². The Labute approximate surface area is 230 Å². The lowest BCUT2D eigenvalue weighted by atomic mass is 10.1. The molecule has 37 heavy (non-hydrogen) atoms. The van der Waals surface area contributed by atoms with Crippen molar-refractivity contribution in [2.75, 3.05) is 6.61 Å². The highest BCUT2D eigenvalue weighted by Crippen LogP contribution is 2.11. The van der Waals surface area contributed by atoms with Gasteiger partial charge in [0.05, 0.1) is 18.8 Å². The minimum absolute atomic E-state index is 0.0795. The second-order valence-corrected chi connectivity index (χ2v) is 10.5. The van der Waals surface area contributed by atoms with Crippen molar-refractivity contribution in [2.24, 2.45) is 0 Å². The van der Waals surface area contributed by atoms with E-state index in [4.69, 9.17) is 0 Å². The number of aliphatic hydroxyl groups excluding tert-OH is 2. The fourth-order valence-electron chi connectivity index (χ4n) is 4.38. The molecule has 0 saturated heterocycles. The molecule has 2 atom stereocenters. The van der Waals surface area contributed by atoms with Gasteiger partial charge in [0, 0.05) is 6.42 Å². The molecule has 3 N–H and O–H groups in total. The Morgan fingerprint density at radius 2 is 1.11 bits per heavy atom. The largest absolute Gasteiger partial charge is 0.394 e. The summed E-state index contributed by atoms with van der Waals surface area (Å²) < 4.78 is 0. The van der Waals surface area contributed by atoms with E-state index in [9.17, 15) is 15.0 Å². The highest BCUT2D eigenvalue weighted by atomic mass is 16.3. The Morgan fingerprint density at radius 3 is 1.65 bits per heavy atom. The number of nitrogens with one attached hydrogen (secondary N) is 1. The van der Waals surface area contributed by atoms with Crippen LogP contribution < -0.4 is 5.32 Å². The molecule has 216 valence electrons. The molecular weight excluding hydrogens is 458 g/mol. The molecule has 0 rings (SSSR count). The van der Waals surface area contributed by atoms with Crippen LogP contribution in [0.4, 0.5) is 0 Å². The molecule has 0 bridgehead atoms. The average Bonchev–Trinajstić information content (AvgIpc) is 2.90. The van der Waals surface area contributed by atoms with Crippen molar-refractivity contribution in [1.29, 1.82) is 0 Å². The summed E-state index contributed by atoms with van der Waals surface area (Å²) in [5, 5.41) is 22.6. The molecule has 0 spiro atoms. The summed E-state index contributed by atoms with van der Waals surface area (Å²) in [6.45, 7) is 4.21. The van der Waals surface area contributed by atoms with E-state index in [1.54, 1.807) is 6.08 Å². The van der Waals surface area contributed by atoms with Crippen LogP contribution in [0.5, 0.6) is 0 Å². The molecule has 2 unspecified atom stereocenters. The van der Waals surface area contributed by atoms with Crippen LogP contribution in [0, 0.1) is 0 Å². The summed E-state index contributed by atoms with van der Waals surface area (Å²) in [5.74, 6) is -0.0795. The van der Waals surface area contributed by atoms with E-state index in [1.165, 1.54) is 96.3 Å². The van der Waals surface area contributed by atoms with Crippen LogP contribution in [0.15, 0.2) is 36.5 Å². The quantitative estimate of drug-likeness (QED) is 0.0750. The Bertz CT molecular complexity index is 570. The topological polar surface area (TPSA) is 69.6 Å². The van der Waals surface area contributed by atoms with E-state index in [0.717, 1.165) is 32.1 Å². The molecule has 0 fully saturated rings. The van der Waals surface area contributed by atoms with Gasteiger partial charge in [0.25, 0.3) is 0 Å². The summed E-state index contributed by atoms with van der Waals surface area (Å²) in [6.07, 6.45) is 36.5. The summed E-state index contributed by atoms with van der Waals surface area (Å²) in [7, 11) is 0. The van der Waals surface area contributed by atoms with Crippen LogP contribution >= 0.6 is 0 Å². The Balaban J connectivity index is 3.63. The van der Waals surface area contributed by atoms with Gasteiger partial charge in [-0.1, -0.05) is 127 Å². The first-order valence-corrected chi connectivity index (χ1v) is 15.7. The van der Waals surface area contributed by atoms with Crippen molar-refractivity contribution in [2.45, 2.75) is 161 Å². The molecule has 4 nitrogen and oxygen atoms in total. The minimum atomic E-state index is -0.837. The van der Waals surface area contributed by atoms with Gasteiger partial charge in [-0.3, -0.25) is 4.79 Å². The lowest BCUT2D eigenvalue weighted by molar-refractivity contribution is -0.123. The van der Waals surface area contributed by atoms with Crippen LogP contribution in [-0.2, 0) is 4.79 Å². The number of carbonyl (C=O) groups is 1. The first-order chi connectivity index (χ1) is 18.2. The average molecular weight is 520 g/mol. The fraction of sp³-hybridized carbons (Fsp3) is 0.788. The van der Waals surface area contributed by atoms with Crippen molar-refractivity contribution >= 4 is 5.91 Å². The maximum atomic E-state index is 12.2. The third-order valence-electron chi connectivity index (χ3n) is 6.87. The highest BCUT2D eigenvalue weighted by molar-refractivity contribution is 5.76. The minimum Gasteiger partial charge on any atom is -0.394 e. The summed E-state index contributed by atoms with van der Waals surface area (Å²) in [4.78, 5) is 12.2. The zero-order valence-electron chi connectivity index (χ0n) is 24.5. The van der Waals surface area contributed by atoms with E-state index >= 15 is 0 Å². The SMILES string of the molecule is CCCCCC/C=C\C/C=C\CCCCCCCCCC(=O)NC(CO)C(O)/C=C/CCCCCCC. The molecule has 0 aliphatic rings. The Kier molecular flexibility index (Phi) is 28.1. The Hall–Kier alpha value is -1.39. The molecule has 0 aromatic carbocycles. The number of hydrogen-bond donors (Lipinski definition) is 3. The van der Waals surface area contributed by atoms with Gasteiger partial charge in [-0.15, -0.1) is 0 Å². The van der Waals surface area contributed by atoms with E-state index in [0.29, 0.717) is 6.42 Å². The number of amides is 1. The number of rotatable bonds is 27. The van der Waals surface area contributed by atoms with Gasteiger partial charge >= 0.3 is 0 Å². The molecule has 4 heteroatoms. The van der Waals surface area contributed by atoms with E-state index in [2.05, 4.69) is 43.5 Å². The lowest BCUT2D eigenvalue weighted by Crippen LogP contribution is -2.45. The summed E-state index contributed by atoms with van der Waals surface area (Å²) in [5.41, 5.74) is 0. The predicted octanol–water partition coefficient (Wildman–Crippen LogP) is 8.72. The van der Waals surface area contributed by atoms with Crippen LogP contribution in [0.3, 0.4) is 0 Å². The zero-order chi connectivity index (χ0) is 27.2. The van der Waals surface area contributed by atoms with E-state index in [-0.39, 0.29) is 12.5 Å². The van der Waals surface area contributed by atoms with Crippen LogP contribution in [-0.4, -0.2) is 34.9 Å². The van der Waals surface area contributed by atoms with Crippen LogP contribution in [0.25, 0.3) is 0 Å². The van der Waals surface area contributed by atoms with Crippen LogP contribution in [0.2, 0.25) is 0 Å². The van der Waals surface area contributed by atoms with Gasteiger partial charge in [-0.25, -0.2) is 0 Å². The zero-order valence-corrected chi connectivity index (χ0v) is 24.5. The highest BCUT2D eigenvalue weighted by Gasteiger charge is 2.17. The van der Waals surface area contributed by atoms with E-state index in [1.807, 2.05) is 6.08 Å². The van der Waals surface area contributed by atoms with Gasteiger partial charge in [-0.2, -0.15) is 0 Å². The maximum absolute atomic E-state index is 12.2. The number of aliphatic hydroxyl groups is 2. The lowest BCUT2D eigenvalue weighted by Gasteiger charge is -2.20. The van der Waals surface area contributed by atoms with Crippen molar-refractivity contribution in [3.05, 3.63) is 36.5 Å². The third-order valence-corrected chi connectivity index (χ3v) is 6.87. The molecule has 0 heterocycles. The molecule has 0 aliphatic heterocycles. The van der Waals surface area contributed by atoms with Crippen molar-refractivity contribution in [3.8, 4) is 0 Å². The number of carbonyl (C=O) groups excluding carboxylic acids is 1. The molecule has 0 aromatic heterocycles. The molecule has 0 radical (unpaired) electrons. The summed E-state index contributed by atoms with van der Waals surface area (Å²) in [6, 6.07) is -0.621. The standard InChI is InChI=1S/C33H61NO3/c1-3-5-7-9-11-12-13-14-15-16-17-18-19-20-21-23-25-27-29-33(37)34-31(30-35)32(36)28-26-24-22-10-8-6-4-2/h12-13,15-16,26,28,31-32,35-36H,3-11,14,17-25,27,29-30H2,1-2H3,(H,34,37)/b13-12-,16-15-,28-26+. The molecular formula is C33H61NO3. The summed E-state index contributed by atoms with van der Waals surface area (Å²) >= 11 is 0. The van der Waals surface area contributed by atoms with Crippen molar-refractivity contribution < 1.29 is 15.0 Å². The van der Waals surface area contributed by atoms with Gasteiger partial charge < -0.3 is 15.5 Å². The number of hydrogen-bond acceptors (Lipinski definition) is 3. The van der Waals surface area contributed by atoms with Crippen molar-refractivity contribution in [1.82, 2.24) is 5.32 Å². The predicted molar refractivity (Wildman–Crippen MR) is 161 cm³/mol.